The van der Waals surface area contributed by atoms with Gasteiger partial charge in [0.1, 0.15) is 5.00 Å². The van der Waals surface area contributed by atoms with Crippen molar-refractivity contribution in [3.8, 4) is 0 Å². The molecule has 2 bridgehead atoms. The molecule has 4 aliphatic carbocycles. The van der Waals surface area contributed by atoms with Crippen LogP contribution >= 0.6 is 11.3 Å². The summed E-state index contributed by atoms with van der Waals surface area (Å²) in [5.41, 5.74) is 1.46. The highest BCUT2D eigenvalue weighted by Gasteiger charge is 2.48. The number of rotatable bonds is 5. The predicted octanol–water partition coefficient (Wildman–Crippen LogP) is 3.90. The first-order chi connectivity index (χ1) is 13.9. The van der Waals surface area contributed by atoms with Gasteiger partial charge >= 0.3 is 11.9 Å². The first-order valence-corrected chi connectivity index (χ1v) is 11.3. The Bertz CT molecular complexity index is 873. The van der Waals surface area contributed by atoms with Crippen LogP contribution in [0.4, 0.5) is 5.00 Å². The summed E-state index contributed by atoms with van der Waals surface area (Å²) in [6.45, 7) is 4.20. The Kier molecular flexibility index (Phi) is 5.51. The van der Waals surface area contributed by atoms with Gasteiger partial charge in [0.15, 0.2) is 0 Å². The van der Waals surface area contributed by atoms with Crippen LogP contribution in [0, 0.1) is 29.6 Å². The van der Waals surface area contributed by atoms with Crippen molar-refractivity contribution < 1.29 is 24.2 Å². The first kappa shape index (κ1) is 20.1. The van der Waals surface area contributed by atoms with Crippen molar-refractivity contribution in [3.63, 3.8) is 0 Å². The second-order valence-electron chi connectivity index (χ2n) is 8.45. The van der Waals surface area contributed by atoms with E-state index in [4.69, 9.17) is 4.74 Å². The average molecular weight is 418 g/mol. The molecule has 0 radical (unpaired) electrons. The fourth-order valence-electron chi connectivity index (χ4n) is 5.15. The molecule has 29 heavy (non-hydrogen) atoms. The third kappa shape index (κ3) is 3.61. The van der Waals surface area contributed by atoms with E-state index in [0.717, 1.165) is 42.5 Å². The molecule has 6 nitrogen and oxygen atoms in total. The summed E-state index contributed by atoms with van der Waals surface area (Å²) in [5.74, 6) is -2.64. The molecule has 0 aromatic carbocycles. The Hall–Kier alpha value is -2.15. The normalized spacial score (nSPS) is 29.9. The minimum Gasteiger partial charge on any atom is -0.481 e. The number of nitrogens with one attached hydrogen (secondary N) is 1. The van der Waals surface area contributed by atoms with E-state index in [1.165, 1.54) is 11.3 Å². The molecule has 1 aromatic heterocycles. The summed E-state index contributed by atoms with van der Waals surface area (Å²) in [6.07, 6.45) is 8.31. The van der Waals surface area contributed by atoms with Crippen molar-refractivity contribution in [2.45, 2.75) is 46.0 Å². The third-order valence-corrected chi connectivity index (χ3v) is 7.77. The van der Waals surface area contributed by atoms with Gasteiger partial charge in [-0.15, -0.1) is 11.3 Å². The largest absolute Gasteiger partial charge is 0.481 e. The molecule has 1 heterocycles. The Morgan fingerprint density at radius 1 is 1.17 bits per heavy atom. The summed E-state index contributed by atoms with van der Waals surface area (Å²) in [4.78, 5) is 38.9. The van der Waals surface area contributed by atoms with E-state index in [9.17, 15) is 19.5 Å². The van der Waals surface area contributed by atoms with Crippen LogP contribution in [-0.2, 0) is 27.2 Å². The molecule has 1 aromatic rings. The third-order valence-electron chi connectivity index (χ3n) is 6.56. The number of carboxylic acid groups (broad SMARTS) is 1. The highest BCUT2D eigenvalue weighted by Crippen LogP contribution is 2.46. The fraction of sp³-hybridized carbons (Fsp3) is 0.591. The lowest BCUT2D eigenvalue weighted by Gasteiger charge is -2.41. The smallest absolute Gasteiger partial charge is 0.341 e. The number of hydrogen-bond acceptors (Lipinski definition) is 5. The minimum absolute atomic E-state index is 0.0678. The summed E-state index contributed by atoms with van der Waals surface area (Å²) in [7, 11) is 0. The fourth-order valence-corrected chi connectivity index (χ4v) is 6.38. The van der Waals surface area contributed by atoms with Gasteiger partial charge in [0, 0.05) is 4.88 Å². The van der Waals surface area contributed by atoms with Gasteiger partial charge in [-0.25, -0.2) is 4.79 Å². The number of aryl methyl sites for hydroxylation is 1. The van der Waals surface area contributed by atoms with Gasteiger partial charge in [-0.1, -0.05) is 19.1 Å². The summed E-state index contributed by atoms with van der Waals surface area (Å²) in [5, 5.41) is 13.2. The maximum atomic E-state index is 13.2. The number of esters is 1. The second-order valence-corrected chi connectivity index (χ2v) is 9.55. The lowest BCUT2D eigenvalue weighted by molar-refractivity contribution is -0.151. The monoisotopic (exact) mass is 417 g/mol. The number of carbonyl (C=O) groups is 3. The molecule has 5 atom stereocenters. The van der Waals surface area contributed by atoms with Gasteiger partial charge in [-0.2, -0.15) is 0 Å². The van der Waals surface area contributed by atoms with Crippen LogP contribution in [0.15, 0.2) is 12.2 Å². The van der Waals surface area contributed by atoms with Crippen LogP contribution in [0.25, 0.3) is 0 Å². The van der Waals surface area contributed by atoms with Crippen LogP contribution in [0.5, 0.6) is 0 Å². The van der Waals surface area contributed by atoms with E-state index >= 15 is 0 Å². The van der Waals surface area contributed by atoms with Crippen molar-refractivity contribution in [2.24, 2.45) is 29.6 Å². The molecular weight excluding hydrogens is 390 g/mol. The molecular formula is C22H27NO5S. The number of anilines is 1. The van der Waals surface area contributed by atoms with Gasteiger partial charge in [0.2, 0.25) is 5.91 Å². The Labute approximate surface area is 174 Å². The summed E-state index contributed by atoms with van der Waals surface area (Å²) >= 11 is 1.44. The zero-order valence-corrected chi connectivity index (χ0v) is 17.6. The summed E-state index contributed by atoms with van der Waals surface area (Å²) < 4.78 is 5.28. The molecule has 0 spiro atoms. The Balaban J connectivity index is 1.65. The van der Waals surface area contributed by atoms with Crippen molar-refractivity contribution in [2.75, 3.05) is 11.9 Å². The number of thiophene rings is 1. The van der Waals surface area contributed by atoms with E-state index in [0.29, 0.717) is 16.5 Å². The van der Waals surface area contributed by atoms with Crippen molar-refractivity contribution in [3.05, 3.63) is 28.2 Å². The lowest BCUT2D eigenvalue weighted by Crippen LogP contribution is -2.47. The van der Waals surface area contributed by atoms with Crippen molar-refractivity contribution >= 4 is 34.2 Å². The van der Waals surface area contributed by atoms with Crippen molar-refractivity contribution in [1.29, 1.82) is 0 Å². The number of amides is 1. The number of hydrogen-bond donors (Lipinski definition) is 2. The van der Waals surface area contributed by atoms with Crippen LogP contribution in [0.2, 0.25) is 0 Å². The lowest BCUT2D eigenvalue weighted by atomic mass is 9.62. The highest BCUT2D eigenvalue weighted by atomic mass is 32.1. The van der Waals surface area contributed by atoms with E-state index in [1.54, 1.807) is 6.92 Å². The number of carboxylic acids is 1. The molecule has 1 saturated carbocycles. The van der Waals surface area contributed by atoms with E-state index in [-0.39, 0.29) is 24.3 Å². The topological polar surface area (TPSA) is 92.7 Å². The Morgan fingerprint density at radius 3 is 2.48 bits per heavy atom. The standard InChI is InChI=1S/C22H27NO5S/c1-3-28-22(27)18-14-10-11(2)4-9-15(14)29-20(18)23-19(24)16-12-5-7-13(8-6-12)17(16)21(25)26/h5,7,11-13,16-17H,3-4,6,8-10H2,1-2H3,(H,23,24)(H,25,26)/t11-,12-,13-,16+,17-/m0/s1. The predicted molar refractivity (Wildman–Crippen MR) is 110 cm³/mol. The van der Waals surface area contributed by atoms with Gasteiger partial charge in [-0.05, 0) is 62.3 Å². The van der Waals surface area contributed by atoms with Crippen molar-refractivity contribution in [1.82, 2.24) is 0 Å². The average Bonchev–Trinajstić information content (AvgIpc) is 3.05. The molecule has 4 aliphatic rings. The molecule has 0 saturated heterocycles. The molecule has 1 amide bonds. The molecule has 2 N–H and O–H groups in total. The van der Waals surface area contributed by atoms with Gasteiger partial charge < -0.3 is 15.2 Å². The number of aliphatic carboxylic acids is 1. The summed E-state index contributed by atoms with van der Waals surface area (Å²) in [6, 6.07) is 0. The van der Waals surface area contributed by atoms with Crippen LogP contribution in [0.3, 0.4) is 0 Å². The van der Waals surface area contributed by atoms with Gasteiger partial charge in [0.05, 0.1) is 24.0 Å². The zero-order chi connectivity index (χ0) is 20.7. The molecule has 1 fully saturated rings. The number of carbonyl (C=O) groups excluding carboxylic acids is 2. The molecule has 0 aliphatic heterocycles. The van der Waals surface area contributed by atoms with Crippen LogP contribution in [0.1, 0.15) is 53.9 Å². The van der Waals surface area contributed by atoms with E-state index in [1.807, 2.05) is 12.2 Å². The SMILES string of the molecule is CCOC(=O)c1c(NC(=O)[C@H]2[C@@H](C(=O)O)[C@H]3C=C[C@H]2CC3)sc2c1C[C@@H](C)CC2. The molecule has 0 unspecified atom stereocenters. The maximum absolute atomic E-state index is 13.2. The maximum Gasteiger partial charge on any atom is 0.341 e. The molecule has 7 heteroatoms. The van der Waals surface area contributed by atoms with Crippen LogP contribution in [-0.4, -0.2) is 29.6 Å². The number of allylic oxidation sites excluding steroid dienone is 2. The van der Waals surface area contributed by atoms with E-state index < -0.39 is 23.8 Å². The minimum atomic E-state index is -0.922. The quantitative estimate of drug-likeness (QED) is 0.560. The van der Waals surface area contributed by atoms with Gasteiger partial charge in [0.25, 0.3) is 0 Å². The number of ether oxygens (including phenoxy) is 1. The van der Waals surface area contributed by atoms with Gasteiger partial charge in [-0.3, -0.25) is 9.59 Å². The Morgan fingerprint density at radius 2 is 1.86 bits per heavy atom. The highest BCUT2D eigenvalue weighted by molar-refractivity contribution is 7.17. The number of fused-ring (bicyclic) bond motifs is 3. The van der Waals surface area contributed by atoms with Crippen LogP contribution < -0.4 is 5.32 Å². The first-order valence-electron chi connectivity index (χ1n) is 10.4. The zero-order valence-electron chi connectivity index (χ0n) is 16.8. The van der Waals surface area contributed by atoms with E-state index in [2.05, 4.69) is 12.2 Å². The second kappa shape index (κ2) is 7.94. The molecule has 5 rings (SSSR count). The molecule has 156 valence electrons.